The number of carbonyl (C=O) groups is 1. The van der Waals surface area contributed by atoms with Crippen molar-refractivity contribution in [3.05, 3.63) is 70.5 Å². The van der Waals surface area contributed by atoms with Gasteiger partial charge < -0.3 is 14.7 Å². The average molecular weight is 479 g/mol. The molecule has 1 atom stereocenters. The zero-order valence-electron chi connectivity index (χ0n) is 21.4. The van der Waals surface area contributed by atoms with Gasteiger partial charge in [0.2, 0.25) is 5.91 Å². The quantitative estimate of drug-likeness (QED) is 0.587. The molecule has 1 saturated heterocycles. The van der Waals surface area contributed by atoms with Gasteiger partial charge in [0.25, 0.3) is 0 Å². The summed E-state index contributed by atoms with van der Waals surface area (Å²) in [5.74, 6) is 0.568. The molecule has 0 saturated carbocycles. The van der Waals surface area contributed by atoms with Gasteiger partial charge in [0.1, 0.15) is 17.3 Å². The largest absolute Gasteiger partial charge is 0.505 e. The number of rotatable bonds is 4. The number of carbonyl (C=O) groups excluding carboxylic acids is 1. The summed E-state index contributed by atoms with van der Waals surface area (Å²) in [5, 5.41) is 10.5. The summed E-state index contributed by atoms with van der Waals surface area (Å²) >= 11 is 0. The Labute approximate surface area is 207 Å². The molecule has 35 heavy (non-hydrogen) atoms. The number of benzene rings is 1. The molecule has 1 aromatic heterocycles. The number of methoxy groups -OCH3 is 1. The number of phenolic OH excluding ortho intramolecular Hbond substituents is 1. The lowest BCUT2D eigenvalue weighted by molar-refractivity contribution is -0.127. The number of nitrogens with zero attached hydrogens (tertiary/aromatic N) is 2. The number of halogens is 1. The van der Waals surface area contributed by atoms with Crippen molar-refractivity contribution in [2.45, 2.75) is 65.7 Å². The van der Waals surface area contributed by atoms with Gasteiger partial charge in [0.15, 0.2) is 0 Å². The number of ether oxygens (including phenoxy) is 1. The van der Waals surface area contributed by atoms with E-state index in [0.29, 0.717) is 18.8 Å². The molecule has 6 heteroatoms. The predicted octanol–water partition coefficient (Wildman–Crippen LogP) is 5.99. The van der Waals surface area contributed by atoms with E-state index in [0.717, 1.165) is 49.1 Å². The van der Waals surface area contributed by atoms with Crippen molar-refractivity contribution in [2.75, 3.05) is 20.2 Å². The summed E-state index contributed by atoms with van der Waals surface area (Å²) in [5.41, 5.74) is 3.75. The van der Waals surface area contributed by atoms with Crippen LogP contribution in [0.3, 0.4) is 0 Å². The first-order valence-corrected chi connectivity index (χ1v) is 12.4. The van der Waals surface area contributed by atoms with E-state index in [9.17, 15) is 14.3 Å². The highest BCUT2D eigenvalue weighted by molar-refractivity contribution is 5.94. The topological polar surface area (TPSA) is 54.7 Å². The second-order valence-corrected chi connectivity index (χ2v) is 10.6. The maximum absolute atomic E-state index is 13.9. The number of hydrogen-bond acceptors (Lipinski definition) is 3. The van der Waals surface area contributed by atoms with Crippen molar-refractivity contribution in [3.63, 3.8) is 0 Å². The lowest BCUT2D eigenvalue weighted by Gasteiger charge is -2.30. The third-order valence-corrected chi connectivity index (χ3v) is 7.32. The van der Waals surface area contributed by atoms with Crippen LogP contribution in [0.15, 0.2) is 41.2 Å². The number of aromatic hydroxyl groups is 1. The Morgan fingerprint density at radius 2 is 1.97 bits per heavy atom. The maximum atomic E-state index is 13.9. The third-order valence-electron chi connectivity index (χ3n) is 7.32. The smallest absolute Gasteiger partial charge is 0.249 e. The monoisotopic (exact) mass is 478 g/mol. The van der Waals surface area contributed by atoms with E-state index in [1.165, 1.54) is 11.6 Å². The van der Waals surface area contributed by atoms with E-state index in [4.69, 9.17) is 4.74 Å². The Balaban J connectivity index is 1.51. The Kier molecular flexibility index (Phi) is 6.98. The summed E-state index contributed by atoms with van der Waals surface area (Å²) in [6.07, 6.45) is 9.12. The average Bonchev–Trinajstić information content (AvgIpc) is 3.18. The number of allylic oxidation sites excluding steroid dienone is 2. The number of amides is 1. The van der Waals surface area contributed by atoms with Crippen LogP contribution in [-0.4, -0.2) is 40.7 Å². The highest BCUT2D eigenvalue weighted by Gasteiger charge is 2.30. The summed E-state index contributed by atoms with van der Waals surface area (Å²) < 4.78 is 21.3. The van der Waals surface area contributed by atoms with Crippen LogP contribution in [0.2, 0.25) is 0 Å². The summed E-state index contributed by atoms with van der Waals surface area (Å²) in [4.78, 5) is 15.4. The van der Waals surface area contributed by atoms with Crippen LogP contribution in [0.5, 0.6) is 5.75 Å². The lowest BCUT2D eigenvalue weighted by Crippen LogP contribution is -2.34. The molecule has 4 rings (SSSR count). The Hall–Kier alpha value is -3.20. The van der Waals surface area contributed by atoms with Crippen molar-refractivity contribution >= 4 is 5.91 Å². The second-order valence-electron chi connectivity index (χ2n) is 10.6. The molecule has 1 amide bonds. The molecule has 5 nitrogen and oxygen atoms in total. The molecule has 2 heterocycles. The summed E-state index contributed by atoms with van der Waals surface area (Å²) in [7, 11) is 1.67. The van der Waals surface area contributed by atoms with Crippen LogP contribution < -0.4 is 0 Å². The van der Waals surface area contributed by atoms with Crippen LogP contribution in [0.25, 0.3) is 5.69 Å². The van der Waals surface area contributed by atoms with Crippen molar-refractivity contribution in [2.24, 2.45) is 5.41 Å². The third kappa shape index (κ3) is 4.96. The first-order valence-electron chi connectivity index (χ1n) is 12.4. The SMILES string of the molecule is COC1=C(C(C)(C)C)CCC(C(=O)N2CCCC(c3cc#cn3-c3ccc(F)c(C)c3O)CC2)=C1. The van der Waals surface area contributed by atoms with Crippen LogP contribution in [0, 0.1) is 30.4 Å². The van der Waals surface area contributed by atoms with Gasteiger partial charge in [-0.15, -0.1) is 0 Å². The molecular formula is C29H35FN2O3. The number of likely N-dealkylation sites (tertiary alicyclic amines) is 1. The normalized spacial score (nSPS) is 19.2. The van der Waals surface area contributed by atoms with E-state index in [1.54, 1.807) is 24.7 Å². The van der Waals surface area contributed by atoms with Crippen molar-refractivity contribution < 1.29 is 19.0 Å². The first-order chi connectivity index (χ1) is 16.6. The van der Waals surface area contributed by atoms with E-state index >= 15 is 0 Å². The van der Waals surface area contributed by atoms with Gasteiger partial charge >= 0.3 is 0 Å². The number of hydrogen-bond donors (Lipinski definition) is 1. The molecule has 1 fully saturated rings. The Morgan fingerprint density at radius 3 is 2.69 bits per heavy atom. The zero-order valence-corrected chi connectivity index (χ0v) is 21.4. The fourth-order valence-corrected chi connectivity index (χ4v) is 5.24. The molecule has 0 radical (unpaired) electrons. The molecule has 1 aliphatic heterocycles. The predicted molar refractivity (Wildman–Crippen MR) is 134 cm³/mol. The Morgan fingerprint density at radius 1 is 1.20 bits per heavy atom. The molecule has 2 aliphatic rings. The van der Waals surface area contributed by atoms with Crippen LogP contribution in [-0.2, 0) is 9.53 Å². The molecule has 186 valence electrons. The van der Waals surface area contributed by atoms with Gasteiger partial charge in [-0.25, -0.2) is 4.39 Å². The highest BCUT2D eigenvalue weighted by atomic mass is 19.1. The van der Waals surface area contributed by atoms with Gasteiger partial charge in [0.05, 0.1) is 12.8 Å². The number of phenols is 1. The molecule has 1 N–H and O–H groups in total. The first kappa shape index (κ1) is 24.9. The van der Waals surface area contributed by atoms with E-state index in [-0.39, 0.29) is 28.6 Å². The second kappa shape index (κ2) is 9.81. The van der Waals surface area contributed by atoms with Gasteiger partial charge in [-0.2, -0.15) is 0 Å². The van der Waals surface area contributed by atoms with Gasteiger partial charge in [-0.05, 0) is 74.3 Å². The van der Waals surface area contributed by atoms with Gasteiger partial charge in [-0.3, -0.25) is 9.36 Å². The molecular weight excluding hydrogens is 443 g/mol. The van der Waals surface area contributed by atoms with Crippen LogP contribution in [0.1, 0.15) is 70.1 Å². The fourth-order valence-electron chi connectivity index (χ4n) is 5.24. The van der Waals surface area contributed by atoms with Crippen molar-refractivity contribution in [1.82, 2.24) is 9.47 Å². The minimum absolute atomic E-state index is 0.00664. The summed E-state index contributed by atoms with van der Waals surface area (Å²) in [6, 6.07) is 7.83. The van der Waals surface area contributed by atoms with E-state index in [1.807, 2.05) is 17.0 Å². The molecule has 0 spiro atoms. The molecule has 1 aliphatic carbocycles. The lowest BCUT2D eigenvalue weighted by atomic mass is 9.79. The number of aromatic nitrogens is 1. The van der Waals surface area contributed by atoms with Gasteiger partial charge in [0, 0.05) is 48.1 Å². The van der Waals surface area contributed by atoms with Crippen molar-refractivity contribution in [1.29, 1.82) is 0 Å². The van der Waals surface area contributed by atoms with Crippen LogP contribution in [0.4, 0.5) is 4.39 Å². The summed E-state index contributed by atoms with van der Waals surface area (Å²) in [6.45, 7) is 9.45. The highest BCUT2D eigenvalue weighted by Crippen LogP contribution is 2.38. The maximum Gasteiger partial charge on any atom is 0.249 e. The van der Waals surface area contributed by atoms with E-state index < -0.39 is 5.82 Å². The molecule has 1 unspecified atom stereocenters. The molecule has 1 aromatic carbocycles. The molecule has 0 bridgehead atoms. The molecule has 2 aromatic rings. The standard InChI is InChI=1S/C29H35FN2O3/c1-19-23(30)12-13-25(27(19)33)32-16-7-9-24(32)20-8-6-15-31(17-14-20)28(34)21-10-11-22(29(2,3)4)26(18-21)35-5/h9,12-13,18,20,33H,6,8,10-11,14-15,17H2,1-5H3. The Bertz CT molecular complexity index is 1170. The minimum atomic E-state index is -0.439. The fraction of sp³-hybridized carbons (Fsp3) is 0.483. The van der Waals surface area contributed by atoms with Crippen LogP contribution >= 0.6 is 0 Å². The van der Waals surface area contributed by atoms with Gasteiger partial charge in [-0.1, -0.05) is 20.8 Å². The minimum Gasteiger partial charge on any atom is -0.505 e. The van der Waals surface area contributed by atoms with E-state index in [2.05, 4.69) is 33.0 Å². The zero-order chi connectivity index (χ0) is 25.3. The van der Waals surface area contributed by atoms with Crippen molar-refractivity contribution in [3.8, 4) is 11.4 Å².